The molecule has 0 N–H and O–H groups in total. The molecule has 98 valence electrons. The number of ether oxygens (including phenoxy) is 2. The van der Waals surface area contributed by atoms with E-state index in [2.05, 4.69) is 30.2 Å². The molecule has 18 heavy (non-hydrogen) atoms. The van der Waals surface area contributed by atoms with Gasteiger partial charge < -0.3 is 14.0 Å². The fraction of sp³-hybridized carbons (Fsp3) is 0.625. The lowest BCUT2D eigenvalue weighted by atomic mass is 10.6. The Morgan fingerprint density at radius 3 is 2.94 bits per heavy atom. The van der Waals surface area contributed by atoms with Crippen molar-refractivity contribution in [3.05, 3.63) is 12.2 Å². The summed E-state index contributed by atoms with van der Waals surface area (Å²) in [6, 6.07) is 0. The fourth-order valence-corrected chi connectivity index (χ4v) is 1.93. The normalized spacial score (nSPS) is 11.3. The average Bonchev–Trinajstić information content (AvgIpc) is 3.04. The minimum Gasteiger partial charge on any atom is -0.354 e. The standard InChI is InChI=1S/C8H12N6O3S/c1-15-7(16-2)3-14-8(10-12-13-14)18-4-6-9-5-17-11-6/h5,7H,3-4H2,1-2H3. The number of rotatable bonds is 7. The molecule has 0 aromatic carbocycles. The first-order valence-corrected chi connectivity index (χ1v) is 6.02. The van der Waals surface area contributed by atoms with E-state index in [9.17, 15) is 0 Å². The van der Waals surface area contributed by atoms with E-state index in [4.69, 9.17) is 9.47 Å². The molecule has 2 aromatic heterocycles. The van der Waals surface area contributed by atoms with Gasteiger partial charge in [0, 0.05) is 14.2 Å². The van der Waals surface area contributed by atoms with Gasteiger partial charge in [-0.15, -0.1) is 5.10 Å². The largest absolute Gasteiger partial charge is 0.354 e. The van der Waals surface area contributed by atoms with Crippen molar-refractivity contribution in [3.8, 4) is 0 Å². The minimum absolute atomic E-state index is 0.391. The van der Waals surface area contributed by atoms with Gasteiger partial charge in [-0.3, -0.25) is 0 Å². The number of hydrogen-bond acceptors (Lipinski definition) is 9. The van der Waals surface area contributed by atoms with Crippen LogP contribution in [0.15, 0.2) is 16.1 Å². The molecule has 2 heterocycles. The molecular weight excluding hydrogens is 260 g/mol. The molecule has 0 unspecified atom stereocenters. The van der Waals surface area contributed by atoms with Gasteiger partial charge in [-0.25, -0.2) is 4.68 Å². The third-order valence-electron chi connectivity index (χ3n) is 2.08. The lowest BCUT2D eigenvalue weighted by Crippen LogP contribution is -2.21. The highest BCUT2D eigenvalue weighted by Crippen LogP contribution is 2.18. The number of tetrazole rings is 1. The molecule has 0 spiro atoms. The Morgan fingerprint density at radius 2 is 2.28 bits per heavy atom. The third-order valence-corrected chi connectivity index (χ3v) is 3.04. The first kappa shape index (κ1) is 12.9. The van der Waals surface area contributed by atoms with Crippen LogP contribution in [-0.2, 0) is 21.8 Å². The van der Waals surface area contributed by atoms with Gasteiger partial charge in [0.1, 0.15) is 0 Å². The van der Waals surface area contributed by atoms with Crippen molar-refractivity contribution in [1.29, 1.82) is 0 Å². The summed E-state index contributed by atoms with van der Waals surface area (Å²) in [5, 5.41) is 15.7. The second-order valence-corrected chi connectivity index (χ2v) is 4.12. The summed E-state index contributed by atoms with van der Waals surface area (Å²) in [5.74, 6) is 1.12. The second-order valence-electron chi connectivity index (χ2n) is 3.18. The van der Waals surface area contributed by atoms with Crippen LogP contribution in [0.2, 0.25) is 0 Å². The van der Waals surface area contributed by atoms with Gasteiger partial charge in [0.15, 0.2) is 12.1 Å². The zero-order valence-electron chi connectivity index (χ0n) is 9.89. The monoisotopic (exact) mass is 272 g/mol. The van der Waals surface area contributed by atoms with Crippen LogP contribution in [0.3, 0.4) is 0 Å². The first-order valence-electron chi connectivity index (χ1n) is 5.03. The van der Waals surface area contributed by atoms with Gasteiger partial charge in [0.05, 0.1) is 12.3 Å². The number of aromatic nitrogens is 6. The van der Waals surface area contributed by atoms with Gasteiger partial charge in [-0.2, -0.15) is 4.98 Å². The van der Waals surface area contributed by atoms with Gasteiger partial charge in [0.25, 0.3) is 0 Å². The van der Waals surface area contributed by atoms with Crippen LogP contribution in [0.1, 0.15) is 5.82 Å². The zero-order chi connectivity index (χ0) is 12.8. The Kier molecular flexibility index (Phi) is 4.61. The molecule has 2 aromatic rings. The summed E-state index contributed by atoms with van der Waals surface area (Å²) < 4.78 is 16.4. The van der Waals surface area contributed by atoms with Gasteiger partial charge in [0.2, 0.25) is 11.6 Å². The van der Waals surface area contributed by atoms with Crippen molar-refractivity contribution in [1.82, 2.24) is 30.3 Å². The summed E-state index contributed by atoms with van der Waals surface area (Å²) in [5.41, 5.74) is 0. The van der Waals surface area contributed by atoms with Crippen molar-refractivity contribution in [2.75, 3.05) is 14.2 Å². The lowest BCUT2D eigenvalue weighted by Gasteiger charge is -2.13. The summed E-state index contributed by atoms with van der Waals surface area (Å²) >= 11 is 1.41. The highest BCUT2D eigenvalue weighted by atomic mass is 32.2. The molecule has 0 saturated carbocycles. The van der Waals surface area contributed by atoms with E-state index in [0.717, 1.165) is 0 Å². The maximum Gasteiger partial charge on any atom is 0.213 e. The van der Waals surface area contributed by atoms with E-state index in [0.29, 0.717) is 23.3 Å². The Hall–Kier alpha value is -1.52. The molecule has 0 saturated heterocycles. The second kappa shape index (κ2) is 6.42. The van der Waals surface area contributed by atoms with E-state index < -0.39 is 6.29 Å². The third kappa shape index (κ3) is 3.24. The lowest BCUT2D eigenvalue weighted by molar-refractivity contribution is -0.113. The van der Waals surface area contributed by atoms with E-state index in [1.165, 1.54) is 18.2 Å². The molecule has 10 heteroatoms. The molecule has 2 rings (SSSR count). The van der Waals surface area contributed by atoms with Crippen LogP contribution >= 0.6 is 11.8 Å². The molecular formula is C8H12N6O3S. The molecule has 0 aliphatic heterocycles. The predicted octanol–water partition coefficient (Wildman–Crippen LogP) is -0.0327. The van der Waals surface area contributed by atoms with E-state index in [1.807, 2.05) is 0 Å². The number of hydrogen-bond donors (Lipinski definition) is 0. The maximum absolute atomic E-state index is 5.09. The molecule has 0 aliphatic carbocycles. The van der Waals surface area contributed by atoms with E-state index in [-0.39, 0.29) is 0 Å². The number of methoxy groups -OCH3 is 2. The first-order chi connectivity index (χ1) is 8.83. The van der Waals surface area contributed by atoms with Crippen LogP contribution in [0, 0.1) is 0 Å². The van der Waals surface area contributed by atoms with Crippen molar-refractivity contribution in [2.45, 2.75) is 23.7 Å². The Morgan fingerprint density at radius 1 is 1.44 bits per heavy atom. The summed E-state index contributed by atoms with van der Waals surface area (Å²) in [7, 11) is 3.12. The van der Waals surface area contributed by atoms with Crippen molar-refractivity contribution >= 4 is 11.8 Å². The molecule has 0 amide bonds. The van der Waals surface area contributed by atoms with Gasteiger partial charge in [-0.1, -0.05) is 16.9 Å². The van der Waals surface area contributed by atoms with Gasteiger partial charge in [-0.05, 0) is 10.4 Å². The molecule has 0 radical (unpaired) electrons. The average molecular weight is 272 g/mol. The van der Waals surface area contributed by atoms with Crippen LogP contribution in [0.25, 0.3) is 0 Å². The Labute approximate surface area is 107 Å². The van der Waals surface area contributed by atoms with E-state index in [1.54, 1.807) is 18.9 Å². The van der Waals surface area contributed by atoms with Crippen molar-refractivity contribution in [2.24, 2.45) is 0 Å². The molecule has 0 bridgehead atoms. The van der Waals surface area contributed by atoms with Crippen molar-refractivity contribution in [3.63, 3.8) is 0 Å². The molecule has 0 aliphatic rings. The zero-order valence-corrected chi connectivity index (χ0v) is 10.7. The summed E-state index contributed by atoms with van der Waals surface area (Å²) in [6.07, 6.45) is 0.892. The topological polar surface area (TPSA) is 101 Å². The fourth-order valence-electron chi connectivity index (χ4n) is 1.19. The van der Waals surface area contributed by atoms with Crippen molar-refractivity contribution < 1.29 is 14.0 Å². The van der Waals surface area contributed by atoms with Crippen LogP contribution in [-0.4, -0.2) is 50.9 Å². The maximum atomic E-state index is 5.09. The molecule has 0 atom stereocenters. The Balaban J connectivity index is 1.94. The molecule has 9 nitrogen and oxygen atoms in total. The van der Waals surface area contributed by atoms with Gasteiger partial charge >= 0.3 is 0 Å². The van der Waals surface area contributed by atoms with Crippen LogP contribution < -0.4 is 0 Å². The summed E-state index contributed by atoms with van der Waals surface area (Å²) in [6.45, 7) is 0.411. The number of thioether (sulfide) groups is 1. The smallest absolute Gasteiger partial charge is 0.213 e. The predicted molar refractivity (Wildman–Crippen MR) is 59.5 cm³/mol. The highest BCUT2D eigenvalue weighted by molar-refractivity contribution is 7.98. The summed E-state index contributed by atoms with van der Waals surface area (Å²) in [4.78, 5) is 3.91. The minimum atomic E-state index is -0.391. The molecule has 0 fully saturated rings. The quantitative estimate of drug-likeness (QED) is 0.507. The van der Waals surface area contributed by atoms with Crippen LogP contribution in [0.4, 0.5) is 0 Å². The SMILES string of the molecule is COC(Cn1nnnc1SCc1ncon1)OC. The highest BCUT2D eigenvalue weighted by Gasteiger charge is 2.13. The van der Waals surface area contributed by atoms with Crippen LogP contribution in [0.5, 0.6) is 0 Å². The van der Waals surface area contributed by atoms with E-state index >= 15 is 0 Å². The number of nitrogens with zero attached hydrogens (tertiary/aromatic N) is 6. The Bertz CT molecular complexity index is 457.